The Bertz CT molecular complexity index is 585. The predicted molar refractivity (Wildman–Crippen MR) is 103 cm³/mol. The standard InChI is InChI=1S/C20H31N3O/c1-14(2)18-8-7-9-19(15(3)4)20(18)21-16(5)17(6)22-23-10-12-24-13-11-23/h7-9,14-15H,10-13H2,1-6H3/b21-16?,22-17+. The van der Waals surface area contributed by atoms with Crippen molar-refractivity contribution in [2.45, 2.75) is 53.4 Å². The van der Waals surface area contributed by atoms with Gasteiger partial charge in [-0.3, -0.25) is 10.0 Å². The van der Waals surface area contributed by atoms with Crippen LogP contribution in [0.5, 0.6) is 0 Å². The zero-order chi connectivity index (χ0) is 17.7. The molecule has 0 atom stereocenters. The second-order valence-electron chi connectivity index (χ2n) is 7.04. The van der Waals surface area contributed by atoms with E-state index in [1.54, 1.807) is 0 Å². The molecule has 24 heavy (non-hydrogen) atoms. The van der Waals surface area contributed by atoms with E-state index in [2.05, 4.69) is 57.8 Å². The number of hydrazone groups is 1. The van der Waals surface area contributed by atoms with Gasteiger partial charge in [0.2, 0.25) is 0 Å². The lowest BCUT2D eigenvalue weighted by atomic mass is 9.93. The van der Waals surface area contributed by atoms with Crippen LogP contribution in [0.25, 0.3) is 0 Å². The molecule has 0 N–H and O–H groups in total. The molecule has 132 valence electrons. The number of rotatable bonds is 5. The lowest BCUT2D eigenvalue weighted by molar-refractivity contribution is 0.0394. The molecular weight excluding hydrogens is 298 g/mol. The van der Waals surface area contributed by atoms with E-state index in [4.69, 9.17) is 14.8 Å². The SMILES string of the molecule is CC(=Nc1c(C(C)C)cccc1C(C)C)/C(C)=N/N1CCOCC1. The van der Waals surface area contributed by atoms with Crippen molar-refractivity contribution in [1.82, 2.24) is 5.01 Å². The van der Waals surface area contributed by atoms with Crippen LogP contribution < -0.4 is 0 Å². The molecule has 0 aliphatic carbocycles. The number of morpholine rings is 1. The summed E-state index contributed by atoms with van der Waals surface area (Å²) in [5, 5.41) is 6.80. The summed E-state index contributed by atoms with van der Waals surface area (Å²) in [6, 6.07) is 6.53. The number of benzene rings is 1. The van der Waals surface area contributed by atoms with Gasteiger partial charge in [-0.1, -0.05) is 45.9 Å². The average Bonchev–Trinajstić information content (AvgIpc) is 2.55. The van der Waals surface area contributed by atoms with Crippen molar-refractivity contribution < 1.29 is 4.74 Å². The summed E-state index contributed by atoms with van der Waals surface area (Å²) in [5.74, 6) is 0.901. The number of nitrogens with zero attached hydrogens (tertiary/aromatic N) is 3. The first-order valence-corrected chi connectivity index (χ1v) is 8.96. The fourth-order valence-corrected chi connectivity index (χ4v) is 2.83. The van der Waals surface area contributed by atoms with Crippen LogP contribution in [0.3, 0.4) is 0 Å². The third-order valence-electron chi connectivity index (χ3n) is 4.42. The highest BCUT2D eigenvalue weighted by Crippen LogP contribution is 2.34. The molecule has 2 rings (SSSR count). The van der Waals surface area contributed by atoms with Crippen LogP contribution >= 0.6 is 0 Å². The Morgan fingerprint density at radius 2 is 1.50 bits per heavy atom. The summed E-state index contributed by atoms with van der Waals surface area (Å²) >= 11 is 0. The highest BCUT2D eigenvalue weighted by Gasteiger charge is 2.14. The molecule has 1 heterocycles. The highest BCUT2D eigenvalue weighted by atomic mass is 16.5. The van der Waals surface area contributed by atoms with Crippen molar-refractivity contribution in [3.05, 3.63) is 29.3 Å². The van der Waals surface area contributed by atoms with Gasteiger partial charge in [0.15, 0.2) is 0 Å². The first-order chi connectivity index (χ1) is 11.4. The molecule has 0 bridgehead atoms. The lowest BCUT2D eigenvalue weighted by Crippen LogP contribution is -2.33. The van der Waals surface area contributed by atoms with Crippen LogP contribution in [0.1, 0.15) is 64.5 Å². The highest BCUT2D eigenvalue weighted by molar-refractivity contribution is 6.41. The molecule has 1 aromatic carbocycles. The number of ether oxygens (including phenoxy) is 1. The van der Waals surface area contributed by atoms with E-state index in [-0.39, 0.29) is 0 Å². The quantitative estimate of drug-likeness (QED) is 0.732. The second kappa shape index (κ2) is 8.43. The van der Waals surface area contributed by atoms with E-state index >= 15 is 0 Å². The van der Waals surface area contributed by atoms with Gasteiger partial charge in [0.25, 0.3) is 0 Å². The monoisotopic (exact) mass is 329 g/mol. The topological polar surface area (TPSA) is 37.2 Å². The van der Waals surface area contributed by atoms with Crippen molar-refractivity contribution >= 4 is 17.1 Å². The Morgan fingerprint density at radius 3 is 2.00 bits per heavy atom. The maximum Gasteiger partial charge on any atom is 0.0786 e. The molecular formula is C20H31N3O. The van der Waals surface area contributed by atoms with Crippen LogP contribution in [0.15, 0.2) is 28.3 Å². The Kier molecular flexibility index (Phi) is 6.55. The Morgan fingerprint density at radius 1 is 0.958 bits per heavy atom. The van der Waals surface area contributed by atoms with Crippen LogP contribution in [0.4, 0.5) is 5.69 Å². The number of para-hydroxylation sites is 1. The fraction of sp³-hybridized carbons (Fsp3) is 0.600. The minimum absolute atomic E-state index is 0.451. The van der Waals surface area contributed by atoms with Gasteiger partial charge >= 0.3 is 0 Å². The molecule has 1 aromatic rings. The molecule has 4 heteroatoms. The third-order valence-corrected chi connectivity index (χ3v) is 4.42. The molecule has 0 saturated carbocycles. The van der Waals surface area contributed by atoms with Gasteiger partial charge in [0, 0.05) is 0 Å². The van der Waals surface area contributed by atoms with Crippen LogP contribution in [-0.2, 0) is 4.74 Å². The van der Waals surface area contributed by atoms with Crippen LogP contribution in [-0.4, -0.2) is 42.7 Å². The van der Waals surface area contributed by atoms with Crippen molar-refractivity contribution in [3.63, 3.8) is 0 Å². The Hall–Kier alpha value is -1.68. The van der Waals surface area contributed by atoms with E-state index in [0.717, 1.165) is 43.4 Å². The largest absolute Gasteiger partial charge is 0.378 e. The minimum Gasteiger partial charge on any atom is -0.378 e. The average molecular weight is 329 g/mol. The van der Waals surface area contributed by atoms with Gasteiger partial charge in [0.05, 0.1) is 43.4 Å². The molecule has 1 saturated heterocycles. The third kappa shape index (κ3) is 4.67. The first kappa shape index (κ1) is 18.7. The fourth-order valence-electron chi connectivity index (χ4n) is 2.83. The molecule has 4 nitrogen and oxygen atoms in total. The normalized spacial score (nSPS) is 17.1. The molecule has 0 spiro atoms. The maximum atomic E-state index is 5.38. The van der Waals surface area contributed by atoms with E-state index in [1.165, 1.54) is 11.1 Å². The Labute approximate surface area is 146 Å². The first-order valence-electron chi connectivity index (χ1n) is 8.96. The van der Waals surface area contributed by atoms with E-state index < -0.39 is 0 Å². The number of hydrogen-bond donors (Lipinski definition) is 0. The minimum atomic E-state index is 0.451. The molecule has 1 fully saturated rings. The van der Waals surface area contributed by atoms with Gasteiger partial charge in [-0.15, -0.1) is 0 Å². The maximum absolute atomic E-state index is 5.38. The van der Waals surface area contributed by atoms with E-state index in [0.29, 0.717) is 11.8 Å². The summed E-state index contributed by atoms with van der Waals surface area (Å²) in [7, 11) is 0. The van der Waals surface area contributed by atoms with E-state index in [9.17, 15) is 0 Å². The molecule has 1 aliphatic heterocycles. The van der Waals surface area contributed by atoms with Crippen molar-refractivity contribution in [2.24, 2.45) is 10.1 Å². The predicted octanol–water partition coefficient (Wildman–Crippen LogP) is 4.73. The van der Waals surface area contributed by atoms with Gasteiger partial charge in [-0.05, 0) is 36.8 Å². The van der Waals surface area contributed by atoms with Crippen molar-refractivity contribution in [2.75, 3.05) is 26.3 Å². The molecule has 1 aliphatic rings. The molecule has 0 unspecified atom stereocenters. The zero-order valence-corrected chi connectivity index (χ0v) is 16.0. The summed E-state index contributed by atoms with van der Waals surface area (Å²) in [5.41, 5.74) is 5.69. The smallest absolute Gasteiger partial charge is 0.0786 e. The van der Waals surface area contributed by atoms with E-state index in [1.807, 2.05) is 6.92 Å². The van der Waals surface area contributed by atoms with Gasteiger partial charge in [-0.25, -0.2) is 0 Å². The number of aliphatic imine (C=N–C) groups is 1. The van der Waals surface area contributed by atoms with Crippen LogP contribution in [0.2, 0.25) is 0 Å². The summed E-state index contributed by atoms with van der Waals surface area (Å²) in [6.45, 7) is 16.2. The van der Waals surface area contributed by atoms with Crippen LogP contribution in [0, 0.1) is 0 Å². The lowest BCUT2D eigenvalue weighted by Gasteiger charge is -2.24. The van der Waals surface area contributed by atoms with Gasteiger partial charge < -0.3 is 4.74 Å². The number of hydrogen-bond acceptors (Lipinski definition) is 4. The second-order valence-corrected chi connectivity index (χ2v) is 7.04. The van der Waals surface area contributed by atoms with Crippen molar-refractivity contribution in [3.8, 4) is 0 Å². The zero-order valence-electron chi connectivity index (χ0n) is 16.0. The molecule has 0 aromatic heterocycles. The Balaban J connectivity index is 2.36. The molecule has 0 amide bonds. The van der Waals surface area contributed by atoms with Gasteiger partial charge in [0.1, 0.15) is 0 Å². The molecule has 0 radical (unpaired) electrons. The summed E-state index contributed by atoms with van der Waals surface area (Å²) in [4.78, 5) is 4.99. The summed E-state index contributed by atoms with van der Waals surface area (Å²) < 4.78 is 5.38. The van der Waals surface area contributed by atoms with Crippen molar-refractivity contribution in [1.29, 1.82) is 0 Å². The van der Waals surface area contributed by atoms with Gasteiger partial charge in [-0.2, -0.15) is 5.10 Å². The summed E-state index contributed by atoms with van der Waals surface area (Å²) in [6.07, 6.45) is 0.